The molecule has 2 aliphatic rings. The molecule has 1 saturated heterocycles. The highest BCUT2D eigenvalue weighted by molar-refractivity contribution is 5.79. The molecule has 0 aromatic carbocycles. The van der Waals surface area contributed by atoms with Crippen molar-refractivity contribution < 1.29 is 15.0 Å². The van der Waals surface area contributed by atoms with Crippen molar-refractivity contribution in [2.24, 2.45) is 5.92 Å². The van der Waals surface area contributed by atoms with Gasteiger partial charge in [0.1, 0.15) is 0 Å². The highest BCUT2D eigenvalue weighted by atomic mass is 16.3. The lowest BCUT2D eigenvalue weighted by molar-refractivity contribution is -0.135. The largest absolute Gasteiger partial charge is 0.388 e. The Kier molecular flexibility index (Phi) is 3.07. The lowest BCUT2D eigenvalue weighted by Crippen LogP contribution is -2.35. The van der Waals surface area contributed by atoms with E-state index in [9.17, 15) is 15.0 Å². The first-order valence-corrected chi connectivity index (χ1v) is 5.48. The third-order valence-electron chi connectivity index (χ3n) is 3.19. The Morgan fingerprint density at radius 3 is 2.40 bits per heavy atom. The zero-order valence-corrected chi connectivity index (χ0v) is 8.67. The molecule has 1 heterocycles. The van der Waals surface area contributed by atoms with Gasteiger partial charge < -0.3 is 15.1 Å². The number of nitrogens with zero attached hydrogens (tertiary/aromatic N) is 1. The minimum atomic E-state index is -0.770. The molecule has 84 valence electrons. The number of aliphatic hydroxyl groups is 2. The summed E-state index contributed by atoms with van der Waals surface area (Å²) in [4.78, 5) is 13.5. The van der Waals surface area contributed by atoms with E-state index in [2.05, 4.69) is 6.08 Å². The maximum atomic E-state index is 12.0. The number of hydrogen-bond acceptors (Lipinski definition) is 3. The summed E-state index contributed by atoms with van der Waals surface area (Å²) in [5.74, 6) is 0.127. The molecule has 1 aliphatic carbocycles. The summed E-state index contributed by atoms with van der Waals surface area (Å²) in [5.41, 5.74) is 0. The van der Waals surface area contributed by atoms with Gasteiger partial charge in [-0.25, -0.2) is 0 Å². The van der Waals surface area contributed by atoms with Crippen LogP contribution in [0.25, 0.3) is 0 Å². The second-order valence-electron chi connectivity index (χ2n) is 4.36. The van der Waals surface area contributed by atoms with Gasteiger partial charge in [-0.1, -0.05) is 12.2 Å². The summed E-state index contributed by atoms with van der Waals surface area (Å²) in [6.07, 6.45) is 5.22. The van der Waals surface area contributed by atoms with Crippen LogP contribution in [0.15, 0.2) is 12.2 Å². The van der Waals surface area contributed by atoms with Crippen molar-refractivity contribution in [3.05, 3.63) is 12.2 Å². The molecule has 0 saturated carbocycles. The molecule has 0 aromatic rings. The Bertz CT molecular complexity index is 267. The van der Waals surface area contributed by atoms with Gasteiger partial charge in [-0.3, -0.25) is 4.79 Å². The number of carbonyl (C=O) groups is 1. The van der Waals surface area contributed by atoms with Gasteiger partial charge in [-0.2, -0.15) is 0 Å². The highest BCUT2D eigenvalue weighted by Gasteiger charge is 2.35. The summed E-state index contributed by atoms with van der Waals surface area (Å²) < 4.78 is 0. The van der Waals surface area contributed by atoms with E-state index in [1.54, 1.807) is 4.90 Å². The molecule has 0 bridgehead atoms. The molecule has 3 unspecified atom stereocenters. The van der Waals surface area contributed by atoms with Crippen LogP contribution in [0.1, 0.15) is 19.3 Å². The first-order valence-electron chi connectivity index (χ1n) is 5.48. The van der Waals surface area contributed by atoms with Crippen LogP contribution < -0.4 is 0 Å². The van der Waals surface area contributed by atoms with Crippen LogP contribution in [0.3, 0.4) is 0 Å². The molecular formula is C11H17NO3. The Morgan fingerprint density at radius 2 is 1.87 bits per heavy atom. The zero-order chi connectivity index (χ0) is 10.8. The fraction of sp³-hybridized carbons (Fsp3) is 0.727. The van der Waals surface area contributed by atoms with E-state index in [1.807, 2.05) is 6.08 Å². The Balaban J connectivity index is 1.94. The van der Waals surface area contributed by atoms with Crippen molar-refractivity contribution in [2.45, 2.75) is 31.5 Å². The molecule has 1 fully saturated rings. The van der Waals surface area contributed by atoms with E-state index in [-0.39, 0.29) is 24.9 Å². The van der Waals surface area contributed by atoms with Crippen LogP contribution in [0.5, 0.6) is 0 Å². The molecule has 15 heavy (non-hydrogen) atoms. The van der Waals surface area contributed by atoms with E-state index in [0.717, 1.165) is 19.3 Å². The van der Waals surface area contributed by atoms with Crippen LogP contribution in [-0.4, -0.2) is 46.3 Å². The van der Waals surface area contributed by atoms with Crippen LogP contribution in [0, 0.1) is 5.92 Å². The molecule has 0 spiro atoms. The highest BCUT2D eigenvalue weighted by Crippen LogP contribution is 2.22. The first-order chi connectivity index (χ1) is 7.18. The van der Waals surface area contributed by atoms with Crippen LogP contribution in [0.4, 0.5) is 0 Å². The van der Waals surface area contributed by atoms with Crippen molar-refractivity contribution in [3.63, 3.8) is 0 Å². The van der Waals surface area contributed by atoms with Gasteiger partial charge in [-0.15, -0.1) is 0 Å². The Labute approximate surface area is 89.2 Å². The summed E-state index contributed by atoms with van der Waals surface area (Å²) in [7, 11) is 0. The number of amides is 1. The number of likely N-dealkylation sites (tertiary alicyclic amines) is 1. The van der Waals surface area contributed by atoms with E-state index in [1.165, 1.54) is 0 Å². The molecule has 1 amide bonds. The lowest BCUT2D eigenvalue weighted by atomic mass is 9.93. The fourth-order valence-corrected chi connectivity index (χ4v) is 2.23. The van der Waals surface area contributed by atoms with Crippen molar-refractivity contribution in [3.8, 4) is 0 Å². The van der Waals surface area contributed by atoms with Gasteiger partial charge in [0.2, 0.25) is 5.91 Å². The summed E-state index contributed by atoms with van der Waals surface area (Å²) in [5, 5.41) is 18.7. The van der Waals surface area contributed by atoms with Crippen molar-refractivity contribution in [1.82, 2.24) is 4.90 Å². The number of allylic oxidation sites excluding steroid dienone is 2. The SMILES string of the molecule is O=C(C1CC=CCC1)N1CC(O)C(O)C1. The number of β-amino-alcohol motifs (C(OH)–C–C–N with tert-alkyl or cyclic N) is 2. The fourth-order valence-electron chi connectivity index (χ4n) is 2.23. The lowest BCUT2D eigenvalue weighted by Gasteiger charge is -2.23. The maximum absolute atomic E-state index is 12.0. The minimum absolute atomic E-state index is 0.0486. The van der Waals surface area contributed by atoms with E-state index in [0.29, 0.717) is 0 Å². The maximum Gasteiger partial charge on any atom is 0.226 e. The smallest absolute Gasteiger partial charge is 0.226 e. The second-order valence-corrected chi connectivity index (χ2v) is 4.36. The van der Waals surface area contributed by atoms with Gasteiger partial charge in [0.15, 0.2) is 0 Å². The standard InChI is InChI=1S/C11H17NO3/c13-9-6-12(7-10(9)14)11(15)8-4-2-1-3-5-8/h1-2,8-10,13-14H,3-7H2. The Hall–Kier alpha value is -0.870. The molecule has 2 N–H and O–H groups in total. The van der Waals surface area contributed by atoms with Gasteiger partial charge >= 0.3 is 0 Å². The monoisotopic (exact) mass is 211 g/mol. The third kappa shape index (κ3) is 2.21. The van der Waals surface area contributed by atoms with E-state index < -0.39 is 12.2 Å². The predicted octanol–water partition coefficient (Wildman–Crippen LogP) is -0.0933. The summed E-state index contributed by atoms with van der Waals surface area (Å²) in [6, 6.07) is 0. The van der Waals surface area contributed by atoms with Gasteiger partial charge in [-0.05, 0) is 19.3 Å². The quantitative estimate of drug-likeness (QED) is 0.596. The normalized spacial score (nSPS) is 35.9. The topological polar surface area (TPSA) is 60.8 Å². The predicted molar refractivity (Wildman–Crippen MR) is 55.1 cm³/mol. The molecule has 0 aromatic heterocycles. The van der Waals surface area contributed by atoms with Crippen molar-refractivity contribution >= 4 is 5.91 Å². The van der Waals surface area contributed by atoms with Gasteiger partial charge in [0.25, 0.3) is 0 Å². The second kappa shape index (κ2) is 4.33. The number of carbonyl (C=O) groups excluding carboxylic acids is 1. The third-order valence-corrected chi connectivity index (χ3v) is 3.19. The van der Waals surface area contributed by atoms with E-state index >= 15 is 0 Å². The van der Waals surface area contributed by atoms with Crippen LogP contribution in [-0.2, 0) is 4.79 Å². The van der Waals surface area contributed by atoms with Crippen LogP contribution in [0.2, 0.25) is 0 Å². The molecule has 4 nitrogen and oxygen atoms in total. The number of aliphatic hydroxyl groups excluding tert-OH is 2. The number of rotatable bonds is 1. The van der Waals surface area contributed by atoms with Gasteiger partial charge in [0, 0.05) is 19.0 Å². The summed E-state index contributed by atoms with van der Waals surface area (Å²) in [6.45, 7) is 0.556. The van der Waals surface area contributed by atoms with Crippen LogP contribution >= 0.6 is 0 Å². The average molecular weight is 211 g/mol. The average Bonchev–Trinajstić information content (AvgIpc) is 2.59. The molecule has 0 radical (unpaired) electrons. The van der Waals surface area contributed by atoms with E-state index in [4.69, 9.17) is 0 Å². The first kappa shape index (κ1) is 10.6. The molecule has 1 aliphatic heterocycles. The van der Waals surface area contributed by atoms with Crippen molar-refractivity contribution in [1.29, 1.82) is 0 Å². The number of hydrogen-bond donors (Lipinski definition) is 2. The molecule has 3 atom stereocenters. The Morgan fingerprint density at radius 1 is 1.20 bits per heavy atom. The molecule has 4 heteroatoms. The molecule has 2 rings (SSSR count). The summed E-state index contributed by atoms with van der Waals surface area (Å²) >= 11 is 0. The zero-order valence-electron chi connectivity index (χ0n) is 8.67. The van der Waals surface area contributed by atoms with Crippen molar-refractivity contribution in [2.75, 3.05) is 13.1 Å². The van der Waals surface area contributed by atoms with Gasteiger partial charge in [0.05, 0.1) is 12.2 Å². The minimum Gasteiger partial charge on any atom is -0.388 e. The molecular weight excluding hydrogens is 194 g/mol.